The fraction of sp³-hybridized carbons (Fsp3) is 0.357. The third-order valence-electron chi connectivity index (χ3n) is 3.50. The Morgan fingerprint density at radius 2 is 2.08 bits per heavy atom. The van der Waals surface area contributed by atoms with Crippen LogP contribution in [0.4, 0.5) is 8.78 Å². The van der Waals surface area contributed by atoms with Crippen LogP contribution in [0.15, 0.2) is 35.4 Å². The summed E-state index contributed by atoms with van der Waals surface area (Å²) in [6.07, 6.45) is -3.55. The summed E-state index contributed by atoms with van der Waals surface area (Å²) in [5.74, 6) is -0.555. The highest BCUT2D eigenvalue weighted by molar-refractivity contribution is 5.88. The van der Waals surface area contributed by atoms with E-state index in [-0.39, 0.29) is 5.71 Å². The van der Waals surface area contributed by atoms with E-state index in [1.54, 1.807) is 24.3 Å². The summed E-state index contributed by atoms with van der Waals surface area (Å²) >= 11 is 0. The lowest BCUT2D eigenvalue weighted by atomic mass is 10.1. The van der Waals surface area contributed by atoms with Crippen LogP contribution < -0.4 is 0 Å². The van der Waals surface area contributed by atoms with Gasteiger partial charge in [0.2, 0.25) is 11.5 Å². The molecule has 1 aliphatic rings. The van der Waals surface area contributed by atoms with E-state index in [1.165, 1.54) is 6.92 Å². The minimum atomic E-state index is -3.15. The third kappa shape index (κ3) is 2.87. The van der Waals surface area contributed by atoms with Crippen molar-refractivity contribution in [2.45, 2.75) is 32.0 Å². The number of hydrogen-bond donors (Lipinski definition) is 1. The summed E-state index contributed by atoms with van der Waals surface area (Å²) < 4.78 is 26.2. The molecule has 24 heavy (non-hydrogen) atoms. The summed E-state index contributed by atoms with van der Waals surface area (Å²) in [7, 11) is 0. The number of carbonyl (C=O) groups excluding carboxylic acids is 1. The van der Waals surface area contributed by atoms with Gasteiger partial charge in [-0.25, -0.2) is 8.78 Å². The number of carbonyl (C=O) groups is 1. The lowest BCUT2D eigenvalue weighted by molar-refractivity contribution is -0.192. The predicted molar refractivity (Wildman–Crippen MR) is 78.8 cm³/mol. The zero-order chi connectivity index (χ0) is 17.3. The maximum absolute atomic E-state index is 13.1. The average Bonchev–Trinajstić information content (AvgIpc) is 3.13. The maximum Gasteiger partial charge on any atom is 0.287 e. The number of amides is 1. The van der Waals surface area contributed by atoms with E-state index in [0.29, 0.717) is 16.4 Å². The normalized spacial score (nSPS) is 20.5. The number of rotatable bonds is 4. The van der Waals surface area contributed by atoms with E-state index in [9.17, 15) is 18.7 Å². The molecule has 1 amide bonds. The number of halogens is 2. The Balaban J connectivity index is 1.77. The van der Waals surface area contributed by atoms with E-state index in [2.05, 4.69) is 20.5 Å². The van der Waals surface area contributed by atoms with E-state index in [4.69, 9.17) is 0 Å². The molecule has 1 atom stereocenters. The van der Waals surface area contributed by atoms with Crippen molar-refractivity contribution in [3.63, 3.8) is 0 Å². The van der Waals surface area contributed by atoms with Crippen LogP contribution in [0.5, 0.6) is 0 Å². The molecule has 2 heterocycles. The molecule has 1 unspecified atom stereocenters. The molecule has 8 nitrogen and oxygen atoms in total. The minimum absolute atomic E-state index is 0.239. The van der Waals surface area contributed by atoms with Gasteiger partial charge >= 0.3 is 0 Å². The van der Waals surface area contributed by atoms with Crippen LogP contribution in [-0.2, 0) is 11.3 Å². The molecule has 0 aliphatic carbocycles. The van der Waals surface area contributed by atoms with Crippen molar-refractivity contribution in [3.05, 3.63) is 30.3 Å². The Morgan fingerprint density at radius 1 is 1.38 bits per heavy atom. The quantitative estimate of drug-likeness (QED) is 0.895. The van der Waals surface area contributed by atoms with Gasteiger partial charge in [0.25, 0.3) is 12.3 Å². The van der Waals surface area contributed by atoms with Crippen molar-refractivity contribution in [2.75, 3.05) is 0 Å². The van der Waals surface area contributed by atoms with Crippen molar-refractivity contribution in [1.29, 1.82) is 0 Å². The molecule has 126 valence electrons. The molecular weight excluding hydrogens is 322 g/mol. The number of aliphatic hydroxyl groups is 1. The number of alkyl halides is 2. The molecule has 1 N–H and O–H groups in total. The molecule has 1 aliphatic heterocycles. The highest BCUT2D eigenvalue weighted by Crippen LogP contribution is 2.31. The standard InChI is InChI=1S/C14H14F2N6O2/c1-9-7-14(24,13(15)16)22(18-9)11(23)8-21-19-12(17-20-21)10-5-3-2-4-6-10/h2-6,13,24H,7-8H2,1H3. The molecule has 0 saturated heterocycles. The molecule has 1 aromatic heterocycles. The first-order valence-corrected chi connectivity index (χ1v) is 7.11. The minimum Gasteiger partial charge on any atom is -0.364 e. The number of aromatic nitrogens is 4. The Kier molecular flexibility index (Phi) is 4.06. The summed E-state index contributed by atoms with van der Waals surface area (Å²) in [6.45, 7) is 0.994. The number of hydrazone groups is 1. The van der Waals surface area contributed by atoms with Crippen molar-refractivity contribution < 1.29 is 18.7 Å². The van der Waals surface area contributed by atoms with Gasteiger partial charge in [0.05, 0.1) is 0 Å². The van der Waals surface area contributed by atoms with Crippen molar-refractivity contribution in [3.8, 4) is 11.4 Å². The largest absolute Gasteiger partial charge is 0.364 e. The van der Waals surface area contributed by atoms with Crippen LogP contribution >= 0.6 is 0 Å². The Hall–Kier alpha value is -2.75. The summed E-state index contributed by atoms with van der Waals surface area (Å²) in [6, 6.07) is 8.97. The fourth-order valence-electron chi connectivity index (χ4n) is 2.39. The lowest BCUT2D eigenvalue weighted by Crippen LogP contribution is -2.52. The SMILES string of the molecule is CC1=NN(C(=O)Cn2nnc(-c3ccccc3)n2)C(O)(C(F)F)C1. The molecule has 3 rings (SSSR count). The molecule has 0 saturated carbocycles. The molecule has 0 radical (unpaired) electrons. The van der Waals surface area contributed by atoms with Gasteiger partial charge in [0.1, 0.15) is 6.54 Å². The topological polar surface area (TPSA) is 96.5 Å². The maximum atomic E-state index is 13.1. The Bertz CT molecular complexity index is 779. The number of nitrogens with zero attached hydrogens (tertiary/aromatic N) is 6. The van der Waals surface area contributed by atoms with Crippen LogP contribution in [0.25, 0.3) is 11.4 Å². The van der Waals surface area contributed by atoms with Gasteiger partial charge in [0.15, 0.2) is 0 Å². The number of hydrogen-bond acceptors (Lipinski definition) is 6. The van der Waals surface area contributed by atoms with Crippen molar-refractivity contribution >= 4 is 11.6 Å². The molecule has 1 aromatic carbocycles. The predicted octanol–water partition coefficient (Wildman–Crippen LogP) is 0.902. The van der Waals surface area contributed by atoms with Crippen LogP contribution in [0.2, 0.25) is 0 Å². The lowest BCUT2D eigenvalue weighted by Gasteiger charge is -2.29. The highest BCUT2D eigenvalue weighted by atomic mass is 19.3. The number of benzene rings is 1. The number of tetrazole rings is 1. The van der Waals surface area contributed by atoms with Gasteiger partial charge in [-0.15, -0.1) is 10.2 Å². The molecule has 2 aromatic rings. The molecular formula is C14H14F2N6O2. The third-order valence-corrected chi connectivity index (χ3v) is 3.50. The highest BCUT2D eigenvalue weighted by Gasteiger charge is 2.50. The molecule has 0 spiro atoms. The van der Waals surface area contributed by atoms with Crippen LogP contribution in [0, 0.1) is 0 Å². The van der Waals surface area contributed by atoms with E-state index >= 15 is 0 Å². The van der Waals surface area contributed by atoms with E-state index in [0.717, 1.165) is 4.80 Å². The fourth-order valence-corrected chi connectivity index (χ4v) is 2.39. The van der Waals surface area contributed by atoms with Crippen molar-refractivity contribution in [1.82, 2.24) is 25.2 Å². The first-order valence-electron chi connectivity index (χ1n) is 7.11. The van der Waals surface area contributed by atoms with Crippen molar-refractivity contribution in [2.24, 2.45) is 5.10 Å². The first-order chi connectivity index (χ1) is 11.4. The second kappa shape index (κ2) is 6.04. The van der Waals surface area contributed by atoms with Gasteiger partial charge in [-0.3, -0.25) is 4.79 Å². The first kappa shape index (κ1) is 16.1. The zero-order valence-electron chi connectivity index (χ0n) is 12.7. The molecule has 10 heteroatoms. The van der Waals surface area contributed by atoms with E-state index in [1.807, 2.05) is 6.07 Å². The monoisotopic (exact) mass is 336 g/mol. The summed E-state index contributed by atoms with van der Waals surface area (Å²) in [4.78, 5) is 13.2. The van der Waals surface area contributed by atoms with Crippen LogP contribution in [0.1, 0.15) is 13.3 Å². The van der Waals surface area contributed by atoms with Gasteiger partial charge in [0, 0.05) is 17.7 Å². The van der Waals surface area contributed by atoms with Crippen LogP contribution in [0.3, 0.4) is 0 Å². The molecule has 0 fully saturated rings. The second-order valence-corrected chi connectivity index (χ2v) is 5.41. The van der Waals surface area contributed by atoms with E-state index < -0.39 is 31.0 Å². The Morgan fingerprint density at radius 3 is 2.75 bits per heavy atom. The summed E-state index contributed by atoms with van der Waals surface area (Å²) in [5.41, 5.74) is -1.69. The van der Waals surface area contributed by atoms with Crippen LogP contribution in [-0.4, -0.2) is 54.1 Å². The average molecular weight is 336 g/mol. The zero-order valence-corrected chi connectivity index (χ0v) is 12.7. The van der Waals surface area contributed by atoms with Gasteiger partial charge < -0.3 is 5.11 Å². The van der Waals surface area contributed by atoms with Gasteiger partial charge in [-0.1, -0.05) is 30.3 Å². The smallest absolute Gasteiger partial charge is 0.287 e. The summed E-state index contributed by atoms with van der Waals surface area (Å²) in [5, 5.41) is 25.7. The Labute approximate surface area is 135 Å². The van der Waals surface area contributed by atoms with Gasteiger partial charge in [-0.2, -0.15) is 14.9 Å². The second-order valence-electron chi connectivity index (χ2n) is 5.41. The van der Waals surface area contributed by atoms with Gasteiger partial charge in [-0.05, 0) is 12.1 Å². The molecule has 0 bridgehead atoms.